The average molecular weight is 169 g/mol. The molecule has 1 saturated heterocycles. The van der Waals surface area contributed by atoms with Crippen LogP contribution in [0.1, 0.15) is 33.1 Å². The Bertz CT molecular complexity index is 148. The first-order chi connectivity index (χ1) is 5.77. The molecule has 0 aliphatic carbocycles. The number of rotatable bonds is 3. The van der Waals surface area contributed by atoms with Crippen LogP contribution in [0, 0.1) is 5.92 Å². The highest BCUT2D eigenvalue weighted by atomic mass is 16.1. The van der Waals surface area contributed by atoms with E-state index >= 15 is 0 Å². The highest BCUT2D eigenvalue weighted by Gasteiger charge is 2.22. The number of hydrogen-bond acceptors (Lipinski definition) is 2. The van der Waals surface area contributed by atoms with Gasteiger partial charge in [0.1, 0.15) is 5.78 Å². The Morgan fingerprint density at radius 2 is 1.92 bits per heavy atom. The minimum Gasteiger partial charge on any atom is -0.304 e. The fraction of sp³-hybridized carbons (Fsp3) is 0.900. The van der Waals surface area contributed by atoms with Gasteiger partial charge in [0, 0.05) is 12.3 Å². The lowest BCUT2D eigenvalue weighted by Gasteiger charge is -2.29. The Balaban J connectivity index is 2.30. The minimum absolute atomic E-state index is 0.373. The van der Waals surface area contributed by atoms with E-state index in [1.165, 1.54) is 0 Å². The zero-order valence-corrected chi connectivity index (χ0v) is 8.18. The number of hydrogen-bond donors (Lipinski definition) is 0. The molecule has 0 N–H and O–H groups in total. The molecule has 0 aromatic rings. The topological polar surface area (TPSA) is 20.3 Å². The van der Waals surface area contributed by atoms with Crippen LogP contribution in [-0.2, 0) is 4.79 Å². The third-order valence-electron chi connectivity index (χ3n) is 2.84. The van der Waals surface area contributed by atoms with Gasteiger partial charge in [0.25, 0.3) is 0 Å². The van der Waals surface area contributed by atoms with Crippen molar-refractivity contribution in [2.24, 2.45) is 5.92 Å². The van der Waals surface area contributed by atoms with E-state index in [1.54, 1.807) is 0 Å². The summed E-state index contributed by atoms with van der Waals surface area (Å²) in [4.78, 5) is 13.8. The van der Waals surface area contributed by atoms with Crippen molar-refractivity contribution in [1.82, 2.24) is 4.90 Å². The standard InChI is InChI=1S/C10H19NO/c1-3-10(12)9-5-7-11(4-2)8-6-9/h9H,3-8H2,1-2H3. The number of ketones is 1. The van der Waals surface area contributed by atoms with Crippen LogP contribution in [0.15, 0.2) is 0 Å². The van der Waals surface area contributed by atoms with Gasteiger partial charge in [-0.25, -0.2) is 0 Å². The van der Waals surface area contributed by atoms with Crippen molar-refractivity contribution in [3.8, 4) is 0 Å². The summed E-state index contributed by atoms with van der Waals surface area (Å²) in [6, 6.07) is 0. The molecule has 1 aliphatic heterocycles. The molecule has 0 radical (unpaired) electrons. The van der Waals surface area contributed by atoms with Gasteiger partial charge >= 0.3 is 0 Å². The third kappa shape index (κ3) is 2.31. The van der Waals surface area contributed by atoms with Crippen LogP contribution < -0.4 is 0 Å². The fourth-order valence-electron chi connectivity index (χ4n) is 1.86. The van der Waals surface area contributed by atoms with Gasteiger partial charge in [0.2, 0.25) is 0 Å². The van der Waals surface area contributed by atoms with Gasteiger partial charge in [-0.05, 0) is 32.5 Å². The van der Waals surface area contributed by atoms with E-state index in [0.29, 0.717) is 11.7 Å². The molecular weight excluding hydrogens is 150 g/mol. The van der Waals surface area contributed by atoms with Gasteiger partial charge in [-0.3, -0.25) is 4.79 Å². The zero-order chi connectivity index (χ0) is 8.97. The van der Waals surface area contributed by atoms with Gasteiger partial charge < -0.3 is 4.90 Å². The summed E-state index contributed by atoms with van der Waals surface area (Å²) < 4.78 is 0. The lowest BCUT2D eigenvalue weighted by atomic mass is 9.91. The van der Waals surface area contributed by atoms with Gasteiger partial charge in [0.15, 0.2) is 0 Å². The normalized spacial score (nSPS) is 21.2. The van der Waals surface area contributed by atoms with Gasteiger partial charge in [-0.2, -0.15) is 0 Å². The van der Waals surface area contributed by atoms with E-state index in [9.17, 15) is 4.79 Å². The molecule has 2 heteroatoms. The van der Waals surface area contributed by atoms with Crippen molar-refractivity contribution < 1.29 is 4.79 Å². The highest BCUT2D eigenvalue weighted by molar-refractivity contribution is 5.80. The molecule has 0 saturated carbocycles. The molecular formula is C10H19NO. The lowest BCUT2D eigenvalue weighted by molar-refractivity contribution is -0.123. The molecule has 1 fully saturated rings. The maximum absolute atomic E-state index is 11.3. The van der Waals surface area contributed by atoms with Crippen LogP contribution in [0.3, 0.4) is 0 Å². The second-order valence-corrected chi connectivity index (χ2v) is 3.53. The molecule has 0 aromatic carbocycles. The minimum atomic E-state index is 0.373. The van der Waals surface area contributed by atoms with Gasteiger partial charge in [-0.1, -0.05) is 13.8 Å². The Labute approximate surface area is 74.9 Å². The molecule has 1 aliphatic rings. The van der Waals surface area contributed by atoms with Crippen molar-refractivity contribution in [2.75, 3.05) is 19.6 Å². The van der Waals surface area contributed by atoms with Crippen molar-refractivity contribution in [2.45, 2.75) is 33.1 Å². The van der Waals surface area contributed by atoms with Crippen LogP contribution >= 0.6 is 0 Å². The number of carbonyl (C=O) groups is 1. The molecule has 0 unspecified atom stereocenters. The summed E-state index contributed by atoms with van der Waals surface area (Å²) in [5.41, 5.74) is 0. The van der Waals surface area contributed by atoms with E-state index in [1.807, 2.05) is 6.92 Å². The Hall–Kier alpha value is -0.370. The van der Waals surface area contributed by atoms with E-state index in [4.69, 9.17) is 0 Å². The SMILES string of the molecule is CCC(=O)C1CCN(CC)CC1. The third-order valence-corrected chi connectivity index (χ3v) is 2.84. The molecule has 2 nitrogen and oxygen atoms in total. The second-order valence-electron chi connectivity index (χ2n) is 3.53. The summed E-state index contributed by atoms with van der Waals surface area (Å²) in [7, 11) is 0. The monoisotopic (exact) mass is 169 g/mol. The Kier molecular flexibility index (Phi) is 3.73. The van der Waals surface area contributed by atoms with Crippen molar-refractivity contribution in [3.05, 3.63) is 0 Å². The number of nitrogens with zero attached hydrogens (tertiary/aromatic N) is 1. The zero-order valence-electron chi connectivity index (χ0n) is 8.18. The number of Topliss-reactive ketones (excluding diaryl/α,β-unsaturated/α-hetero) is 1. The number of piperidine rings is 1. The molecule has 0 bridgehead atoms. The molecule has 0 aromatic heterocycles. The summed E-state index contributed by atoms with van der Waals surface area (Å²) in [5, 5.41) is 0. The average Bonchev–Trinajstić information content (AvgIpc) is 2.17. The summed E-state index contributed by atoms with van der Waals surface area (Å²) in [6.07, 6.45) is 2.89. The first kappa shape index (κ1) is 9.72. The van der Waals surface area contributed by atoms with Crippen LogP contribution in [0.4, 0.5) is 0 Å². The van der Waals surface area contributed by atoms with E-state index < -0.39 is 0 Å². The number of likely N-dealkylation sites (tertiary alicyclic amines) is 1. The van der Waals surface area contributed by atoms with Crippen LogP contribution in [0.5, 0.6) is 0 Å². The van der Waals surface area contributed by atoms with Gasteiger partial charge in [-0.15, -0.1) is 0 Å². The first-order valence-corrected chi connectivity index (χ1v) is 5.03. The molecule has 1 heterocycles. The molecule has 12 heavy (non-hydrogen) atoms. The summed E-state index contributed by atoms with van der Waals surface area (Å²) >= 11 is 0. The van der Waals surface area contributed by atoms with Gasteiger partial charge in [0.05, 0.1) is 0 Å². The van der Waals surface area contributed by atoms with Crippen molar-refractivity contribution in [1.29, 1.82) is 0 Å². The van der Waals surface area contributed by atoms with E-state index in [0.717, 1.165) is 38.9 Å². The van der Waals surface area contributed by atoms with Crippen LogP contribution in [0.2, 0.25) is 0 Å². The molecule has 0 spiro atoms. The molecule has 70 valence electrons. The number of carbonyl (C=O) groups excluding carboxylic acids is 1. The smallest absolute Gasteiger partial charge is 0.135 e. The first-order valence-electron chi connectivity index (χ1n) is 5.03. The summed E-state index contributed by atoms with van der Waals surface area (Å²) in [5.74, 6) is 0.837. The fourth-order valence-corrected chi connectivity index (χ4v) is 1.86. The molecule has 1 rings (SSSR count). The van der Waals surface area contributed by atoms with E-state index in [2.05, 4.69) is 11.8 Å². The van der Waals surface area contributed by atoms with E-state index in [-0.39, 0.29) is 0 Å². The predicted octanol–water partition coefficient (Wildman–Crippen LogP) is 1.70. The van der Waals surface area contributed by atoms with Crippen LogP contribution in [0.25, 0.3) is 0 Å². The largest absolute Gasteiger partial charge is 0.304 e. The quantitative estimate of drug-likeness (QED) is 0.641. The molecule has 0 amide bonds. The maximum Gasteiger partial charge on any atom is 0.135 e. The maximum atomic E-state index is 11.3. The highest BCUT2D eigenvalue weighted by Crippen LogP contribution is 2.18. The lowest BCUT2D eigenvalue weighted by Crippen LogP contribution is -2.35. The van der Waals surface area contributed by atoms with Crippen molar-refractivity contribution >= 4 is 5.78 Å². The second kappa shape index (κ2) is 4.61. The summed E-state index contributed by atoms with van der Waals surface area (Å²) in [6.45, 7) is 7.52. The molecule has 0 atom stereocenters. The Morgan fingerprint density at radius 3 is 2.33 bits per heavy atom. The predicted molar refractivity (Wildman–Crippen MR) is 50.1 cm³/mol. The van der Waals surface area contributed by atoms with Crippen molar-refractivity contribution in [3.63, 3.8) is 0 Å². The van der Waals surface area contributed by atoms with Crippen LogP contribution in [-0.4, -0.2) is 30.3 Å². The Morgan fingerprint density at radius 1 is 1.33 bits per heavy atom.